The lowest BCUT2D eigenvalue weighted by Gasteiger charge is -2.62. The van der Waals surface area contributed by atoms with Gasteiger partial charge in [0.15, 0.2) is 35.2 Å². The quantitative estimate of drug-likeness (QED) is 0.339. The SMILES string of the molecule is C=CCN1CC[C@]23c4c5ccc(O)c4O[C@H]2/C(=N/N=C2\CC[C@@]4(O)[C@H]6Cc7ccc(O)c8c7[C@@]4(CCN6CC=C)[C@H]2O8)C=C[C@H]3[C@H]1C5. The summed E-state index contributed by atoms with van der Waals surface area (Å²) in [6.45, 7) is 11.3. The van der Waals surface area contributed by atoms with Crippen LogP contribution in [0.1, 0.15) is 47.9 Å². The highest BCUT2D eigenvalue weighted by Crippen LogP contribution is 2.65. The summed E-state index contributed by atoms with van der Waals surface area (Å²) in [6.07, 6.45) is 11.6. The van der Waals surface area contributed by atoms with E-state index in [4.69, 9.17) is 19.7 Å². The minimum Gasteiger partial charge on any atom is -0.504 e. The summed E-state index contributed by atoms with van der Waals surface area (Å²) in [5, 5.41) is 44.6. The molecule has 0 radical (unpaired) electrons. The Morgan fingerprint density at radius 2 is 1.55 bits per heavy atom. The predicted molar refractivity (Wildman–Crippen MR) is 178 cm³/mol. The second kappa shape index (κ2) is 9.36. The van der Waals surface area contributed by atoms with Crippen molar-refractivity contribution < 1.29 is 24.8 Å². The van der Waals surface area contributed by atoms with Gasteiger partial charge in [-0.2, -0.15) is 10.2 Å². The van der Waals surface area contributed by atoms with Gasteiger partial charge in [-0.15, -0.1) is 13.2 Å². The molecule has 2 aromatic rings. The Morgan fingerprint density at radius 1 is 0.851 bits per heavy atom. The van der Waals surface area contributed by atoms with Crippen LogP contribution in [0, 0.1) is 5.92 Å². The highest BCUT2D eigenvalue weighted by molar-refractivity contribution is 6.03. The molecular weight excluding hydrogens is 592 g/mol. The molecule has 2 aromatic carbocycles. The van der Waals surface area contributed by atoms with Crippen molar-refractivity contribution in [1.29, 1.82) is 0 Å². The summed E-state index contributed by atoms with van der Waals surface area (Å²) in [6, 6.07) is 7.78. The van der Waals surface area contributed by atoms with Gasteiger partial charge in [0, 0.05) is 48.8 Å². The average molecular weight is 633 g/mol. The third kappa shape index (κ3) is 3.21. The van der Waals surface area contributed by atoms with Crippen molar-refractivity contribution >= 4 is 11.4 Å². The number of ether oxygens (including phenoxy) is 2. The molecule has 0 unspecified atom stereocenters. The standard InChI is InChI=1S/C38H40N4O5/c1-3-15-41-17-13-36-23-7-8-24(34(36)46-32-27(43)9-5-21(30(32)36)19-26(23)41)39-40-25-11-12-38(45)29-20-22-6-10-28(44)33-31(22)37(38,35(25)47-33)14-18-42(29)16-4-2/h3-10,23,26,29,34-35,43-45H,1-2,11-20H2/b39-24+,40-25+/t23-,26+,29+,34-,35-,36-,37-,38+/m0/s1. The fourth-order valence-electron chi connectivity index (χ4n) is 11.5. The van der Waals surface area contributed by atoms with Gasteiger partial charge in [0.25, 0.3) is 0 Å². The molecule has 3 N–H and O–H groups in total. The van der Waals surface area contributed by atoms with Crippen molar-refractivity contribution in [3.8, 4) is 23.0 Å². The first-order valence-corrected chi connectivity index (χ1v) is 17.1. The Kier molecular flexibility index (Phi) is 5.60. The van der Waals surface area contributed by atoms with Crippen LogP contribution in [0.25, 0.3) is 0 Å². The molecule has 2 saturated heterocycles. The molecule has 47 heavy (non-hydrogen) atoms. The van der Waals surface area contributed by atoms with Crippen molar-refractivity contribution in [3.63, 3.8) is 0 Å². The Morgan fingerprint density at radius 3 is 2.34 bits per heavy atom. The smallest absolute Gasteiger partial charge is 0.166 e. The molecule has 1 saturated carbocycles. The fourth-order valence-corrected chi connectivity index (χ4v) is 11.5. The number of piperidine rings is 2. The molecule has 9 nitrogen and oxygen atoms in total. The van der Waals surface area contributed by atoms with Crippen LogP contribution >= 0.6 is 0 Å². The molecule has 242 valence electrons. The van der Waals surface area contributed by atoms with Gasteiger partial charge < -0.3 is 24.8 Å². The van der Waals surface area contributed by atoms with Crippen molar-refractivity contribution in [2.24, 2.45) is 16.1 Å². The lowest BCUT2D eigenvalue weighted by atomic mass is 9.49. The second-order valence-corrected chi connectivity index (χ2v) is 14.9. The van der Waals surface area contributed by atoms with E-state index < -0.39 is 17.1 Å². The van der Waals surface area contributed by atoms with Gasteiger partial charge in [-0.3, -0.25) is 9.80 Å². The number of nitrogens with zero attached hydrogens (tertiary/aromatic N) is 4. The summed E-state index contributed by atoms with van der Waals surface area (Å²) in [4.78, 5) is 4.88. The van der Waals surface area contributed by atoms with Crippen molar-refractivity contribution in [2.45, 2.75) is 79.2 Å². The van der Waals surface area contributed by atoms with Gasteiger partial charge in [0.2, 0.25) is 0 Å². The predicted octanol–water partition coefficient (Wildman–Crippen LogP) is 3.94. The summed E-state index contributed by atoms with van der Waals surface area (Å²) in [5.41, 5.74) is 3.93. The number of hydrogen-bond donors (Lipinski definition) is 3. The minimum absolute atomic E-state index is 0.0769. The van der Waals surface area contributed by atoms with Gasteiger partial charge in [0.1, 0.15) is 5.71 Å². The minimum atomic E-state index is -1.03. The van der Waals surface area contributed by atoms with Crippen molar-refractivity contribution in [3.05, 3.63) is 84.0 Å². The first-order valence-electron chi connectivity index (χ1n) is 17.1. The number of phenols is 2. The summed E-state index contributed by atoms with van der Waals surface area (Å²) < 4.78 is 13.4. The number of likely N-dealkylation sites (tertiary alicyclic amines) is 2. The molecule has 10 rings (SSSR count). The van der Waals surface area contributed by atoms with Crippen LogP contribution in [-0.2, 0) is 23.7 Å². The first kappa shape index (κ1) is 28.1. The van der Waals surface area contributed by atoms with Crippen LogP contribution < -0.4 is 9.47 Å². The summed E-state index contributed by atoms with van der Waals surface area (Å²) >= 11 is 0. The van der Waals surface area contributed by atoms with E-state index in [2.05, 4.69) is 41.2 Å². The monoisotopic (exact) mass is 632 g/mol. The maximum Gasteiger partial charge on any atom is 0.166 e. The van der Waals surface area contributed by atoms with Crippen LogP contribution in [0.5, 0.6) is 23.0 Å². The van der Waals surface area contributed by atoms with E-state index in [-0.39, 0.29) is 35.0 Å². The number of rotatable bonds is 5. The molecule has 0 aromatic heterocycles. The summed E-state index contributed by atoms with van der Waals surface area (Å²) in [5.74, 6) is 1.59. The number of hydrogen-bond acceptors (Lipinski definition) is 9. The van der Waals surface area contributed by atoms with E-state index in [0.717, 1.165) is 60.6 Å². The van der Waals surface area contributed by atoms with Gasteiger partial charge in [-0.25, -0.2) is 0 Å². The Balaban J connectivity index is 1.08. The molecule has 4 bridgehead atoms. The summed E-state index contributed by atoms with van der Waals surface area (Å²) in [7, 11) is 0. The molecule has 9 heteroatoms. The number of phenolic OH excluding ortho intramolecular Hbond substituents is 2. The molecular formula is C38H40N4O5. The van der Waals surface area contributed by atoms with Crippen LogP contribution in [0.15, 0.2) is 71.9 Å². The van der Waals surface area contributed by atoms with Crippen LogP contribution in [0.4, 0.5) is 0 Å². The fraction of sp³-hybridized carbons (Fsp3) is 0.474. The average Bonchev–Trinajstić information content (AvgIpc) is 3.60. The van der Waals surface area contributed by atoms with Crippen LogP contribution in [0.3, 0.4) is 0 Å². The molecule has 8 atom stereocenters. The zero-order valence-corrected chi connectivity index (χ0v) is 26.4. The van der Waals surface area contributed by atoms with Gasteiger partial charge in [-0.1, -0.05) is 30.4 Å². The van der Waals surface area contributed by atoms with Crippen molar-refractivity contribution in [2.75, 3.05) is 26.2 Å². The topological polar surface area (TPSA) is 110 Å². The largest absolute Gasteiger partial charge is 0.504 e. The van der Waals surface area contributed by atoms with E-state index in [0.29, 0.717) is 49.8 Å². The molecule has 0 amide bonds. The molecule has 2 spiro atoms. The molecule has 8 aliphatic rings. The Labute approximate surface area is 274 Å². The van der Waals surface area contributed by atoms with Crippen LogP contribution in [-0.4, -0.2) is 92.6 Å². The van der Waals surface area contributed by atoms with Crippen molar-refractivity contribution in [1.82, 2.24) is 9.80 Å². The second-order valence-electron chi connectivity index (χ2n) is 14.9. The van der Waals surface area contributed by atoms with E-state index >= 15 is 0 Å². The highest BCUT2D eigenvalue weighted by Gasteiger charge is 2.72. The number of aromatic hydroxyl groups is 2. The zero-order chi connectivity index (χ0) is 31.9. The van der Waals surface area contributed by atoms with Gasteiger partial charge >= 0.3 is 0 Å². The number of aliphatic hydroxyl groups is 1. The van der Waals surface area contributed by atoms with E-state index in [9.17, 15) is 15.3 Å². The van der Waals surface area contributed by atoms with E-state index in [1.54, 1.807) is 12.1 Å². The van der Waals surface area contributed by atoms with E-state index in [1.165, 1.54) is 5.56 Å². The van der Waals surface area contributed by atoms with Crippen LogP contribution in [0.2, 0.25) is 0 Å². The maximum atomic E-state index is 12.7. The molecule has 4 aliphatic carbocycles. The van der Waals surface area contributed by atoms with E-state index in [1.807, 2.05) is 18.2 Å². The molecule has 4 aliphatic heterocycles. The van der Waals surface area contributed by atoms with Gasteiger partial charge in [0.05, 0.1) is 22.1 Å². The lowest BCUT2D eigenvalue weighted by molar-refractivity contribution is -0.163. The Bertz CT molecular complexity index is 1870. The normalized spacial score (nSPS) is 40.1. The molecule has 4 heterocycles. The maximum absolute atomic E-state index is 12.7. The lowest BCUT2D eigenvalue weighted by Crippen LogP contribution is -2.76. The molecule has 3 fully saturated rings. The third-order valence-corrected chi connectivity index (χ3v) is 13.3. The highest BCUT2D eigenvalue weighted by atomic mass is 16.5. The Hall–Kier alpha value is -3.92. The first-order chi connectivity index (χ1) is 22.9. The third-order valence-electron chi connectivity index (χ3n) is 13.3. The van der Waals surface area contributed by atoms with Gasteiger partial charge in [-0.05, 0) is 74.4 Å². The zero-order valence-electron chi connectivity index (χ0n) is 26.4. The number of benzene rings is 2.